The molecule has 168 valence electrons. The molecule has 31 heavy (non-hydrogen) atoms. The maximum atomic E-state index is 12.8. The molecule has 0 saturated carbocycles. The number of carbonyl (C=O) groups is 1. The van der Waals surface area contributed by atoms with Crippen LogP contribution in [0.2, 0.25) is 5.02 Å². The molecule has 2 aromatic rings. The first-order valence-electron chi connectivity index (χ1n) is 10.7. The summed E-state index contributed by atoms with van der Waals surface area (Å²) in [6, 6.07) is 11.2. The smallest absolute Gasteiger partial charge is 0.223 e. The first kappa shape index (κ1) is 23.8. The molecule has 7 heteroatoms. The fourth-order valence-corrected chi connectivity index (χ4v) is 6.03. The normalized spacial score (nSPS) is 16.8. The topological polar surface area (TPSA) is 66.5 Å². The Morgan fingerprint density at radius 1 is 1.10 bits per heavy atom. The fourth-order valence-electron chi connectivity index (χ4n) is 4.16. The highest BCUT2D eigenvalue weighted by molar-refractivity contribution is 7.88. The second-order valence-electron chi connectivity index (χ2n) is 8.54. The summed E-state index contributed by atoms with van der Waals surface area (Å²) < 4.78 is 27.1. The van der Waals surface area contributed by atoms with E-state index in [0.717, 1.165) is 11.1 Å². The number of carbonyl (C=O) groups excluding carboxylic acids is 1. The summed E-state index contributed by atoms with van der Waals surface area (Å²) in [4.78, 5) is 12.8. The number of piperidine rings is 1. The first-order chi connectivity index (χ1) is 14.6. The molecular weight excluding hydrogens is 432 g/mol. The lowest BCUT2D eigenvalue weighted by molar-refractivity contribution is -0.126. The van der Waals surface area contributed by atoms with Crippen LogP contribution in [-0.2, 0) is 20.6 Å². The molecule has 0 bridgehead atoms. The number of nitrogens with one attached hydrogen (secondary N) is 1. The molecule has 0 aromatic heterocycles. The molecule has 1 fully saturated rings. The molecule has 1 saturated heterocycles. The number of rotatable bonds is 6. The first-order valence-corrected chi connectivity index (χ1v) is 12.7. The fraction of sp³-hybridized carbons (Fsp3) is 0.458. The molecule has 2 aromatic carbocycles. The lowest BCUT2D eigenvalue weighted by atomic mass is 9.94. The second kappa shape index (κ2) is 9.72. The molecule has 0 radical (unpaired) electrons. The Hall–Kier alpha value is -1.89. The summed E-state index contributed by atoms with van der Waals surface area (Å²) >= 11 is 6.13. The van der Waals surface area contributed by atoms with E-state index in [0.29, 0.717) is 36.5 Å². The van der Waals surface area contributed by atoms with Gasteiger partial charge in [-0.05, 0) is 74.4 Å². The van der Waals surface area contributed by atoms with Gasteiger partial charge in [0.2, 0.25) is 15.9 Å². The van der Waals surface area contributed by atoms with Gasteiger partial charge in [-0.2, -0.15) is 0 Å². The van der Waals surface area contributed by atoms with Crippen molar-refractivity contribution in [2.24, 2.45) is 5.92 Å². The van der Waals surface area contributed by atoms with Crippen molar-refractivity contribution in [2.75, 3.05) is 13.1 Å². The summed E-state index contributed by atoms with van der Waals surface area (Å²) in [5.74, 6) is -0.304. The quantitative estimate of drug-likeness (QED) is 0.677. The van der Waals surface area contributed by atoms with Gasteiger partial charge < -0.3 is 5.32 Å². The Morgan fingerprint density at radius 3 is 2.35 bits per heavy atom. The molecule has 1 heterocycles. The SMILES string of the molecule is Cc1cc(C)c([C@@H](C)NC(=O)C2CCN(S(=O)(=O)Cc3ccccc3Cl)CC2)cc1C. The van der Waals surface area contributed by atoms with Crippen LogP contribution in [0.15, 0.2) is 36.4 Å². The van der Waals surface area contributed by atoms with Gasteiger partial charge in [-0.15, -0.1) is 0 Å². The van der Waals surface area contributed by atoms with Gasteiger partial charge in [0, 0.05) is 24.0 Å². The van der Waals surface area contributed by atoms with Gasteiger partial charge in [-0.3, -0.25) is 4.79 Å². The maximum absolute atomic E-state index is 12.8. The molecule has 0 aliphatic carbocycles. The zero-order chi connectivity index (χ0) is 22.8. The largest absolute Gasteiger partial charge is 0.349 e. The number of benzene rings is 2. The van der Waals surface area contributed by atoms with Crippen molar-refractivity contribution in [1.29, 1.82) is 0 Å². The van der Waals surface area contributed by atoms with E-state index in [4.69, 9.17) is 11.6 Å². The van der Waals surface area contributed by atoms with Crippen molar-refractivity contribution in [2.45, 2.75) is 52.3 Å². The van der Waals surface area contributed by atoms with E-state index in [1.54, 1.807) is 24.3 Å². The number of sulfonamides is 1. The summed E-state index contributed by atoms with van der Waals surface area (Å²) in [5.41, 5.74) is 5.33. The Labute approximate surface area is 190 Å². The van der Waals surface area contributed by atoms with E-state index in [1.807, 2.05) is 6.92 Å². The number of halogens is 1. The van der Waals surface area contributed by atoms with Crippen molar-refractivity contribution in [1.82, 2.24) is 9.62 Å². The average Bonchev–Trinajstić information content (AvgIpc) is 2.72. The monoisotopic (exact) mass is 462 g/mol. The van der Waals surface area contributed by atoms with Crippen LogP contribution in [0.25, 0.3) is 0 Å². The van der Waals surface area contributed by atoms with Crippen molar-refractivity contribution < 1.29 is 13.2 Å². The van der Waals surface area contributed by atoms with Crippen LogP contribution in [0, 0.1) is 26.7 Å². The van der Waals surface area contributed by atoms with Gasteiger partial charge in [-0.25, -0.2) is 12.7 Å². The van der Waals surface area contributed by atoms with E-state index in [1.165, 1.54) is 15.4 Å². The van der Waals surface area contributed by atoms with E-state index in [-0.39, 0.29) is 23.6 Å². The molecule has 5 nitrogen and oxygen atoms in total. The zero-order valence-corrected chi connectivity index (χ0v) is 20.2. The summed E-state index contributed by atoms with van der Waals surface area (Å²) in [6.07, 6.45) is 1.04. The maximum Gasteiger partial charge on any atom is 0.223 e. The van der Waals surface area contributed by atoms with Crippen molar-refractivity contribution in [3.05, 3.63) is 69.2 Å². The number of aryl methyl sites for hydroxylation is 3. The number of nitrogens with zero attached hydrogens (tertiary/aromatic N) is 1. The molecule has 3 rings (SSSR count). The third kappa shape index (κ3) is 5.68. The van der Waals surface area contributed by atoms with Crippen LogP contribution in [0.4, 0.5) is 0 Å². The molecule has 1 aliphatic heterocycles. The minimum Gasteiger partial charge on any atom is -0.349 e. The van der Waals surface area contributed by atoms with E-state index >= 15 is 0 Å². The summed E-state index contributed by atoms with van der Waals surface area (Å²) in [6.45, 7) is 8.92. The van der Waals surface area contributed by atoms with Gasteiger partial charge in [-0.1, -0.05) is 41.9 Å². The number of hydrogen-bond donors (Lipinski definition) is 1. The Bertz CT molecular complexity index is 1060. The van der Waals surface area contributed by atoms with E-state index in [9.17, 15) is 13.2 Å². The van der Waals surface area contributed by atoms with Gasteiger partial charge in [0.15, 0.2) is 0 Å². The van der Waals surface area contributed by atoms with Gasteiger partial charge in [0.25, 0.3) is 0 Å². The average molecular weight is 463 g/mol. The lowest BCUT2D eigenvalue weighted by Crippen LogP contribution is -2.43. The number of hydrogen-bond acceptors (Lipinski definition) is 3. The number of amides is 1. The van der Waals surface area contributed by atoms with Crippen LogP contribution in [-0.4, -0.2) is 31.7 Å². The Morgan fingerprint density at radius 2 is 1.71 bits per heavy atom. The Balaban J connectivity index is 1.58. The van der Waals surface area contributed by atoms with Gasteiger partial charge in [0.05, 0.1) is 11.8 Å². The molecule has 1 N–H and O–H groups in total. The predicted molar refractivity (Wildman–Crippen MR) is 126 cm³/mol. The van der Waals surface area contributed by atoms with Crippen LogP contribution in [0.1, 0.15) is 53.6 Å². The van der Waals surface area contributed by atoms with Crippen molar-refractivity contribution >= 4 is 27.5 Å². The minimum absolute atomic E-state index is 0.00622. The molecule has 0 unspecified atom stereocenters. The van der Waals surface area contributed by atoms with Crippen molar-refractivity contribution in [3.63, 3.8) is 0 Å². The minimum atomic E-state index is -3.47. The third-order valence-electron chi connectivity index (χ3n) is 6.22. The van der Waals surface area contributed by atoms with Gasteiger partial charge in [0.1, 0.15) is 0 Å². The highest BCUT2D eigenvalue weighted by Gasteiger charge is 2.32. The third-order valence-corrected chi connectivity index (χ3v) is 8.42. The van der Waals surface area contributed by atoms with Crippen LogP contribution in [0.5, 0.6) is 0 Å². The Kier molecular flexibility index (Phi) is 7.45. The molecule has 0 spiro atoms. The molecule has 1 amide bonds. The summed E-state index contributed by atoms with van der Waals surface area (Å²) in [5, 5.41) is 3.58. The summed E-state index contributed by atoms with van der Waals surface area (Å²) in [7, 11) is -3.47. The van der Waals surface area contributed by atoms with Gasteiger partial charge >= 0.3 is 0 Å². The van der Waals surface area contributed by atoms with Crippen molar-refractivity contribution in [3.8, 4) is 0 Å². The highest BCUT2D eigenvalue weighted by Crippen LogP contribution is 2.26. The standard InChI is InChI=1S/C24H31ClN2O3S/c1-16-13-18(3)22(14-17(16)2)19(4)26-24(28)20-9-11-27(12-10-20)31(29,30)15-21-7-5-6-8-23(21)25/h5-8,13-14,19-20H,9-12,15H2,1-4H3,(H,26,28)/t19-/m1/s1. The van der Waals surface area contributed by atoms with Crippen LogP contribution >= 0.6 is 11.6 Å². The zero-order valence-electron chi connectivity index (χ0n) is 18.6. The van der Waals surface area contributed by atoms with Crippen LogP contribution < -0.4 is 5.32 Å². The van der Waals surface area contributed by atoms with E-state index in [2.05, 4.69) is 38.2 Å². The highest BCUT2D eigenvalue weighted by atomic mass is 35.5. The second-order valence-corrected chi connectivity index (χ2v) is 10.9. The van der Waals surface area contributed by atoms with E-state index < -0.39 is 10.0 Å². The predicted octanol–water partition coefficient (Wildman–Crippen LogP) is 4.68. The molecule has 1 atom stereocenters. The lowest BCUT2D eigenvalue weighted by Gasteiger charge is -2.31. The molecular formula is C24H31ClN2O3S. The molecule has 1 aliphatic rings. The van der Waals surface area contributed by atoms with Crippen LogP contribution in [0.3, 0.4) is 0 Å².